The first-order valence-electron chi connectivity index (χ1n) is 10.5. The Hall–Kier alpha value is -2.93. The molecule has 1 fully saturated rings. The molecule has 0 N–H and O–H groups in total. The molecule has 1 heterocycles. The molecule has 1 atom stereocenters. The van der Waals surface area contributed by atoms with Gasteiger partial charge in [0.05, 0.1) is 33.5 Å². The molecule has 0 aromatic heterocycles. The summed E-state index contributed by atoms with van der Waals surface area (Å²) < 4.78 is 22.0. The Morgan fingerprint density at radius 2 is 1.90 bits per heavy atom. The Morgan fingerprint density at radius 1 is 1.10 bits per heavy atom. The van der Waals surface area contributed by atoms with Crippen LogP contribution in [0.2, 0.25) is 0 Å². The third-order valence-electron chi connectivity index (χ3n) is 5.37. The largest absolute Gasteiger partial charge is 0.493 e. The van der Waals surface area contributed by atoms with E-state index in [9.17, 15) is 0 Å². The summed E-state index contributed by atoms with van der Waals surface area (Å²) in [5.41, 5.74) is 11.1. The van der Waals surface area contributed by atoms with Gasteiger partial charge in [0.25, 0.3) is 0 Å². The average molecular weight is 427 g/mol. The fourth-order valence-corrected chi connectivity index (χ4v) is 3.62. The number of rotatable bonds is 11. The SMILES string of the molecule is COc1ccc(CC[C@H](N=[N+]=[N-])c2cccc(OCCN3CCOCC3)c2)cc1OC. The molecule has 0 spiro atoms. The summed E-state index contributed by atoms with van der Waals surface area (Å²) in [7, 11) is 3.24. The van der Waals surface area contributed by atoms with Crippen molar-refractivity contribution in [3.8, 4) is 17.2 Å². The first kappa shape index (κ1) is 22.7. The van der Waals surface area contributed by atoms with Gasteiger partial charge < -0.3 is 18.9 Å². The van der Waals surface area contributed by atoms with Crippen molar-refractivity contribution in [1.29, 1.82) is 0 Å². The van der Waals surface area contributed by atoms with Crippen molar-refractivity contribution in [3.63, 3.8) is 0 Å². The van der Waals surface area contributed by atoms with Crippen molar-refractivity contribution in [2.24, 2.45) is 5.11 Å². The van der Waals surface area contributed by atoms with Gasteiger partial charge in [-0.15, -0.1) is 0 Å². The smallest absolute Gasteiger partial charge is 0.160 e. The van der Waals surface area contributed by atoms with Crippen LogP contribution in [-0.2, 0) is 11.2 Å². The lowest BCUT2D eigenvalue weighted by atomic mass is 9.99. The van der Waals surface area contributed by atoms with E-state index in [1.807, 2.05) is 42.5 Å². The predicted octanol–water partition coefficient (Wildman–Crippen LogP) is 4.40. The molecule has 3 rings (SSSR count). The van der Waals surface area contributed by atoms with E-state index in [0.717, 1.165) is 56.1 Å². The number of morpholine rings is 1. The Labute approximate surface area is 183 Å². The van der Waals surface area contributed by atoms with Gasteiger partial charge in [-0.1, -0.05) is 23.3 Å². The number of methoxy groups -OCH3 is 2. The maximum atomic E-state index is 9.08. The molecule has 2 aromatic rings. The van der Waals surface area contributed by atoms with E-state index >= 15 is 0 Å². The van der Waals surface area contributed by atoms with Crippen molar-refractivity contribution in [2.75, 3.05) is 53.7 Å². The minimum Gasteiger partial charge on any atom is -0.493 e. The van der Waals surface area contributed by atoms with Gasteiger partial charge in [-0.3, -0.25) is 4.90 Å². The van der Waals surface area contributed by atoms with E-state index in [-0.39, 0.29) is 6.04 Å². The Bertz CT molecular complexity index is 880. The Morgan fingerprint density at radius 3 is 2.65 bits per heavy atom. The summed E-state index contributed by atoms with van der Waals surface area (Å²) in [6.07, 6.45) is 1.42. The molecule has 8 heteroatoms. The van der Waals surface area contributed by atoms with Crippen LogP contribution >= 0.6 is 0 Å². The summed E-state index contributed by atoms with van der Waals surface area (Å²) in [5, 5.41) is 4.03. The number of nitrogens with zero attached hydrogens (tertiary/aromatic N) is 4. The summed E-state index contributed by atoms with van der Waals surface area (Å²) in [5.74, 6) is 2.17. The highest BCUT2D eigenvalue weighted by Gasteiger charge is 2.13. The van der Waals surface area contributed by atoms with Crippen LogP contribution in [-0.4, -0.2) is 58.6 Å². The zero-order valence-electron chi connectivity index (χ0n) is 18.2. The van der Waals surface area contributed by atoms with Gasteiger partial charge in [0.1, 0.15) is 12.4 Å². The highest BCUT2D eigenvalue weighted by Crippen LogP contribution is 2.31. The van der Waals surface area contributed by atoms with Crippen molar-refractivity contribution in [1.82, 2.24) is 4.90 Å². The van der Waals surface area contributed by atoms with Gasteiger partial charge in [-0.05, 0) is 53.8 Å². The van der Waals surface area contributed by atoms with E-state index in [0.29, 0.717) is 24.5 Å². The molecule has 0 aliphatic carbocycles. The van der Waals surface area contributed by atoms with Crippen LogP contribution in [0.15, 0.2) is 47.6 Å². The topological polar surface area (TPSA) is 88.9 Å². The molecular formula is C23H30N4O4. The van der Waals surface area contributed by atoms with Gasteiger partial charge in [-0.25, -0.2) is 0 Å². The fraction of sp³-hybridized carbons (Fsp3) is 0.478. The second-order valence-electron chi connectivity index (χ2n) is 7.32. The Balaban J connectivity index is 1.60. The molecule has 2 aromatic carbocycles. The maximum absolute atomic E-state index is 9.08. The molecule has 0 amide bonds. The highest BCUT2D eigenvalue weighted by atomic mass is 16.5. The van der Waals surface area contributed by atoms with E-state index < -0.39 is 0 Å². The lowest BCUT2D eigenvalue weighted by Gasteiger charge is -2.26. The van der Waals surface area contributed by atoms with Crippen LogP contribution in [0, 0.1) is 0 Å². The molecule has 1 aliphatic heterocycles. The third-order valence-corrected chi connectivity index (χ3v) is 5.37. The van der Waals surface area contributed by atoms with Crippen molar-refractivity contribution in [3.05, 3.63) is 64.0 Å². The van der Waals surface area contributed by atoms with Gasteiger partial charge in [0.2, 0.25) is 0 Å². The second-order valence-corrected chi connectivity index (χ2v) is 7.32. The van der Waals surface area contributed by atoms with E-state index in [4.69, 9.17) is 24.5 Å². The van der Waals surface area contributed by atoms with Crippen LogP contribution in [0.1, 0.15) is 23.6 Å². The lowest BCUT2D eigenvalue weighted by Crippen LogP contribution is -2.38. The number of benzene rings is 2. The molecule has 166 valence electrons. The van der Waals surface area contributed by atoms with Crippen molar-refractivity contribution >= 4 is 0 Å². The van der Waals surface area contributed by atoms with Gasteiger partial charge in [0, 0.05) is 24.5 Å². The van der Waals surface area contributed by atoms with Crippen LogP contribution < -0.4 is 14.2 Å². The molecule has 31 heavy (non-hydrogen) atoms. The quantitative estimate of drug-likeness (QED) is 0.302. The van der Waals surface area contributed by atoms with Gasteiger partial charge in [-0.2, -0.15) is 0 Å². The van der Waals surface area contributed by atoms with Gasteiger partial charge >= 0.3 is 0 Å². The number of azide groups is 1. The normalized spacial score (nSPS) is 15.0. The molecular weight excluding hydrogens is 396 g/mol. The second kappa shape index (κ2) is 12.1. The molecule has 1 saturated heterocycles. The minimum atomic E-state index is -0.277. The first-order chi connectivity index (χ1) is 15.2. The molecule has 8 nitrogen and oxygen atoms in total. The highest BCUT2D eigenvalue weighted by molar-refractivity contribution is 5.43. The molecule has 0 unspecified atom stereocenters. The van der Waals surface area contributed by atoms with E-state index in [1.165, 1.54) is 0 Å². The molecule has 1 aliphatic rings. The molecule has 0 radical (unpaired) electrons. The molecule has 0 bridgehead atoms. The van der Waals surface area contributed by atoms with Crippen LogP contribution in [0.3, 0.4) is 0 Å². The third kappa shape index (κ3) is 6.79. The summed E-state index contributed by atoms with van der Waals surface area (Å²) in [6, 6.07) is 13.4. The van der Waals surface area contributed by atoms with Gasteiger partial charge in [0.15, 0.2) is 11.5 Å². The summed E-state index contributed by atoms with van der Waals surface area (Å²) >= 11 is 0. The summed E-state index contributed by atoms with van der Waals surface area (Å²) in [4.78, 5) is 5.39. The standard InChI is InChI=1S/C23H30N4O4/c1-28-22-9-7-18(16-23(22)29-2)6-8-21(25-26-24)19-4-3-5-20(17-19)31-15-12-27-10-13-30-14-11-27/h3-5,7,9,16-17,21H,6,8,10-15H2,1-2H3/t21-/m0/s1. The van der Waals surface area contributed by atoms with E-state index in [2.05, 4.69) is 14.9 Å². The Kier molecular flexibility index (Phi) is 8.84. The van der Waals surface area contributed by atoms with Crippen LogP contribution in [0.25, 0.3) is 10.4 Å². The number of hydrogen-bond acceptors (Lipinski definition) is 6. The summed E-state index contributed by atoms with van der Waals surface area (Å²) in [6.45, 7) is 4.93. The van der Waals surface area contributed by atoms with E-state index in [1.54, 1.807) is 14.2 Å². The monoisotopic (exact) mass is 426 g/mol. The zero-order chi connectivity index (χ0) is 21.9. The predicted molar refractivity (Wildman–Crippen MR) is 119 cm³/mol. The lowest BCUT2D eigenvalue weighted by molar-refractivity contribution is 0.0322. The number of ether oxygens (including phenoxy) is 4. The van der Waals surface area contributed by atoms with Crippen molar-refractivity contribution in [2.45, 2.75) is 18.9 Å². The molecule has 0 saturated carbocycles. The maximum Gasteiger partial charge on any atom is 0.160 e. The van der Waals surface area contributed by atoms with Crippen molar-refractivity contribution < 1.29 is 18.9 Å². The van der Waals surface area contributed by atoms with Crippen LogP contribution in [0.5, 0.6) is 17.2 Å². The average Bonchev–Trinajstić information content (AvgIpc) is 2.82. The minimum absolute atomic E-state index is 0.277. The number of aryl methyl sites for hydroxylation is 1. The fourth-order valence-electron chi connectivity index (χ4n) is 3.62. The van der Waals surface area contributed by atoms with Crippen LogP contribution in [0.4, 0.5) is 0 Å². The first-order valence-corrected chi connectivity index (χ1v) is 10.5. The number of hydrogen-bond donors (Lipinski definition) is 0. The zero-order valence-corrected chi connectivity index (χ0v) is 18.2.